The van der Waals surface area contributed by atoms with Crippen molar-refractivity contribution in [3.8, 4) is 11.5 Å². The van der Waals surface area contributed by atoms with Crippen LogP contribution in [0.3, 0.4) is 0 Å². The highest BCUT2D eigenvalue weighted by Gasteiger charge is 2.39. The quantitative estimate of drug-likeness (QED) is 0.857. The summed E-state index contributed by atoms with van der Waals surface area (Å²) in [7, 11) is 1.94. The van der Waals surface area contributed by atoms with E-state index in [0.29, 0.717) is 6.54 Å². The van der Waals surface area contributed by atoms with Crippen LogP contribution in [0.5, 0.6) is 0 Å². The molecule has 2 saturated heterocycles. The first-order chi connectivity index (χ1) is 11.7. The summed E-state index contributed by atoms with van der Waals surface area (Å²) in [5.74, 6) is 1.64. The Morgan fingerprint density at radius 3 is 2.67 bits per heavy atom. The number of nitrogens with one attached hydrogen (secondary N) is 1. The molecule has 0 atom stereocenters. The molecule has 1 amide bonds. The van der Waals surface area contributed by atoms with E-state index in [9.17, 15) is 4.79 Å². The monoisotopic (exact) mass is 328 g/mol. The van der Waals surface area contributed by atoms with Crippen molar-refractivity contribution < 1.29 is 9.53 Å². The van der Waals surface area contributed by atoms with E-state index in [0.717, 1.165) is 43.3 Å². The van der Waals surface area contributed by atoms with Gasteiger partial charge in [-0.15, -0.1) is 10.2 Å². The van der Waals surface area contributed by atoms with Crippen LogP contribution in [0.2, 0.25) is 0 Å². The van der Waals surface area contributed by atoms with Gasteiger partial charge in [-0.1, -0.05) is 0 Å². The molecule has 0 aromatic carbocycles. The summed E-state index contributed by atoms with van der Waals surface area (Å²) < 4.78 is 7.72. The van der Waals surface area contributed by atoms with Crippen LogP contribution in [0.15, 0.2) is 24.5 Å². The van der Waals surface area contributed by atoms with Crippen molar-refractivity contribution in [2.45, 2.75) is 18.4 Å². The number of carbonyl (C=O) groups excluding carboxylic acids is 1. The van der Waals surface area contributed by atoms with E-state index in [4.69, 9.17) is 4.74 Å². The molecule has 0 bridgehead atoms. The number of carbonyl (C=O) groups is 1. The highest BCUT2D eigenvalue weighted by Crippen LogP contribution is 2.29. The van der Waals surface area contributed by atoms with E-state index in [1.165, 1.54) is 0 Å². The average Bonchev–Trinajstić information content (AvgIpc) is 3.05. The molecule has 0 radical (unpaired) electrons. The van der Waals surface area contributed by atoms with Gasteiger partial charge in [-0.2, -0.15) is 0 Å². The lowest BCUT2D eigenvalue weighted by Gasteiger charge is -2.43. The number of hydrogen-bond donors (Lipinski definition) is 1. The molecule has 4 rings (SSSR count). The molecule has 24 heavy (non-hydrogen) atoms. The zero-order valence-electron chi connectivity index (χ0n) is 13.6. The number of hydrogen-bond acceptors (Lipinski definition) is 6. The van der Waals surface area contributed by atoms with E-state index in [-0.39, 0.29) is 18.1 Å². The van der Waals surface area contributed by atoms with Crippen molar-refractivity contribution in [1.29, 1.82) is 0 Å². The summed E-state index contributed by atoms with van der Waals surface area (Å²) in [5, 5.41) is 11.6. The molecule has 1 spiro atoms. The molecule has 0 unspecified atom stereocenters. The minimum atomic E-state index is -0.218. The van der Waals surface area contributed by atoms with Crippen LogP contribution in [-0.4, -0.2) is 57.5 Å². The lowest BCUT2D eigenvalue weighted by Crippen LogP contribution is -2.57. The molecule has 2 aromatic rings. The fourth-order valence-electron chi connectivity index (χ4n) is 3.27. The fraction of sp³-hybridized carbons (Fsp3) is 0.500. The smallest absolute Gasteiger partial charge is 0.246 e. The second kappa shape index (κ2) is 5.86. The largest absolute Gasteiger partial charge is 0.363 e. The van der Waals surface area contributed by atoms with Crippen LogP contribution in [0.4, 0.5) is 5.82 Å². The Hall–Kier alpha value is -2.48. The summed E-state index contributed by atoms with van der Waals surface area (Å²) in [6, 6.07) is 3.94. The highest BCUT2D eigenvalue weighted by molar-refractivity contribution is 5.78. The fourth-order valence-corrected chi connectivity index (χ4v) is 3.27. The van der Waals surface area contributed by atoms with Gasteiger partial charge in [0.1, 0.15) is 12.3 Å². The molecule has 8 heteroatoms. The molecule has 2 aliphatic rings. The third-order valence-corrected chi connectivity index (χ3v) is 4.82. The lowest BCUT2D eigenvalue weighted by molar-refractivity contribution is -0.146. The van der Waals surface area contributed by atoms with Crippen molar-refractivity contribution in [1.82, 2.24) is 25.1 Å². The first kappa shape index (κ1) is 15.1. The van der Waals surface area contributed by atoms with Gasteiger partial charge in [-0.25, -0.2) is 4.98 Å². The van der Waals surface area contributed by atoms with Gasteiger partial charge < -0.3 is 19.5 Å². The molecule has 0 saturated carbocycles. The number of nitrogens with zero attached hydrogens (tertiary/aromatic N) is 5. The van der Waals surface area contributed by atoms with Gasteiger partial charge in [0.2, 0.25) is 5.91 Å². The second-order valence-corrected chi connectivity index (χ2v) is 6.37. The number of morpholine rings is 1. The number of amides is 1. The molecule has 2 aromatic heterocycles. The molecule has 1 N–H and O–H groups in total. The molecule has 8 nitrogen and oxygen atoms in total. The SMILES string of the molecule is Cn1ccnc1-c1ccc(N2CCC3(CC2)CNC(=O)CO3)nn1. The Kier molecular flexibility index (Phi) is 3.68. The summed E-state index contributed by atoms with van der Waals surface area (Å²) in [5.41, 5.74) is 0.545. The molecular weight excluding hydrogens is 308 g/mol. The zero-order chi connectivity index (χ0) is 16.6. The molecule has 2 fully saturated rings. The third-order valence-electron chi connectivity index (χ3n) is 4.82. The zero-order valence-corrected chi connectivity index (χ0v) is 13.6. The van der Waals surface area contributed by atoms with E-state index >= 15 is 0 Å². The predicted molar refractivity (Wildman–Crippen MR) is 87.4 cm³/mol. The Morgan fingerprint density at radius 1 is 1.25 bits per heavy atom. The maximum Gasteiger partial charge on any atom is 0.246 e. The van der Waals surface area contributed by atoms with Crippen molar-refractivity contribution in [3.63, 3.8) is 0 Å². The maximum atomic E-state index is 11.3. The summed E-state index contributed by atoms with van der Waals surface area (Å²) >= 11 is 0. The summed E-state index contributed by atoms with van der Waals surface area (Å²) in [6.45, 7) is 2.44. The van der Waals surface area contributed by atoms with Gasteiger partial charge in [0.15, 0.2) is 11.6 Å². The number of imidazole rings is 1. The van der Waals surface area contributed by atoms with Crippen LogP contribution in [0.25, 0.3) is 11.5 Å². The normalized spacial score (nSPS) is 20.2. The number of piperidine rings is 1. The Bertz CT molecular complexity index is 721. The Labute approximate surface area is 139 Å². The Balaban J connectivity index is 1.43. The maximum absolute atomic E-state index is 11.3. The molecular formula is C16H20N6O2. The van der Waals surface area contributed by atoms with Crippen molar-refractivity contribution >= 4 is 11.7 Å². The van der Waals surface area contributed by atoms with Crippen LogP contribution in [0, 0.1) is 0 Å². The van der Waals surface area contributed by atoms with Crippen molar-refractivity contribution in [2.24, 2.45) is 7.05 Å². The van der Waals surface area contributed by atoms with E-state index in [1.807, 2.05) is 29.9 Å². The van der Waals surface area contributed by atoms with Gasteiger partial charge in [0.25, 0.3) is 0 Å². The van der Waals surface area contributed by atoms with Gasteiger partial charge in [-0.3, -0.25) is 4.79 Å². The number of rotatable bonds is 2. The summed E-state index contributed by atoms with van der Waals surface area (Å²) in [4.78, 5) is 17.8. The molecule has 126 valence electrons. The molecule has 4 heterocycles. The minimum Gasteiger partial charge on any atom is -0.363 e. The number of ether oxygens (including phenoxy) is 1. The van der Waals surface area contributed by atoms with Crippen molar-refractivity contribution in [3.05, 3.63) is 24.5 Å². The van der Waals surface area contributed by atoms with Gasteiger partial charge in [0, 0.05) is 39.1 Å². The van der Waals surface area contributed by atoms with Crippen molar-refractivity contribution in [2.75, 3.05) is 31.1 Å². The Morgan fingerprint density at radius 2 is 2.08 bits per heavy atom. The van der Waals surface area contributed by atoms with E-state index in [2.05, 4.69) is 25.4 Å². The predicted octanol–water partition coefficient (Wildman–Crippen LogP) is 0.362. The first-order valence-corrected chi connectivity index (χ1v) is 8.12. The van der Waals surface area contributed by atoms with Gasteiger partial charge in [-0.05, 0) is 25.0 Å². The first-order valence-electron chi connectivity index (χ1n) is 8.12. The van der Waals surface area contributed by atoms with E-state index in [1.54, 1.807) is 6.20 Å². The topological polar surface area (TPSA) is 85.2 Å². The lowest BCUT2D eigenvalue weighted by atomic mass is 9.90. The van der Waals surface area contributed by atoms with Crippen LogP contribution >= 0.6 is 0 Å². The van der Waals surface area contributed by atoms with E-state index < -0.39 is 0 Å². The van der Waals surface area contributed by atoms with Crippen LogP contribution in [0.1, 0.15) is 12.8 Å². The number of aromatic nitrogens is 4. The standard InChI is InChI=1S/C16H20N6O2/c1-21-9-6-17-15(21)12-2-3-13(20-19-12)22-7-4-16(5-8-22)11-18-14(23)10-24-16/h2-3,6,9H,4-5,7-8,10-11H2,1H3,(H,18,23). The van der Waals surface area contributed by atoms with Gasteiger partial charge in [0.05, 0.1) is 5.60 Å². The molecule has 2 aliphatic heterocycles. The highest BCUT2D eigenvalue weighted by atomic mass is 16.5. The van der Waals surface area contributed by atoms with Crippen LogP contribution < -0.4 is 10.2 Å². The third kappa shape index (κ3) is 2.73. The minimum absolute atomic E-state index is 0.0289. The second-order valence-electron chi connectivity index (χ2n) is 6.37. The van der Waals surface area contributed by atoms with Crippen LogP contribution in [-0.2, 0) is 16.6 Å². The molecule has 0 aliphatic carbocycles. The van der Waals surface area contributed by atoms with Gasteiger partial charge >= 0.3 is 0 Å². The average molecular weight is 328 g/mol. The number of anilines is 1. The summed E-state index contributed by atoms with van der Waals surface area (Å²) in [6.07, 6.45) is 5.38. The number of aryl methyl sites for hydroxylation is 1.